The first-order valence-electron chi connectivity index (χ1n) is 9.26. The highest BCUT2D eigenvalue weighted by Crippen LogP contribution is 2.37. The molecule has 1 aromatic carbocycles. The number of nitrogens with one attached hydrogen (secondary N) is 1. The van der Waals surface area contributed by atoms with Crippen molar-refractivity contribution in [3.05, 3.63) is 35.9 Å². The Labute approximate surface area is 173 Å². The second-order valence-corrected chi connectivity index (χ2v) is 7.04. The highest BCUT2D eigenvalue weighted by atomic mass is 16.6. The van der Waals surface area contributed by atoms with Crippen LogP contribution in [-0.4, -0.2) is 70.6 Å². The molecule has 10 heteroatoms. The SMILES string of the molecule is CC(=O)O[C@@H]1[C@@H](OC(C)=O)[C@H](OC(C)=O)[C@](O)(CO)[C@@H]1NC(=O)Cc1ccccc1. The van der Waals surface area contributed by atoms with Crippen molar-refractivity contribution in [2.24, 2.45) is 0 Å². The summed E-state index contributed by atoms with van der Waals surface area (Å²) in [6.45, 7) is 2.25. The standard InChI is InChI=1S/C20H25NO9/c1-11(23)28-16-17(29-12(2)24)19(30-13(3)25)20(27,10-22)18(16)21-15(26)9-14-7-5-4-6-8-14/h4-8,16-19,22,27H,9-10H2,1-3H3,(H,21,26)/t16-,17-,18-,19+,20+/m1/s1. The summed E-state index contributed by atoms with van der Waals surface area (Å²) < 4.78 is 15.5. The Morgan fingerprint density at radius 1 is 0.933 bits per heavy atom. The van der Waals surface area contributed by atoms with Gasteiger partial charge in [0, 0.05) is 20.8 Å². The Hall–Kier alpha value is -2.98. The van der Waals surface area contributed by atoms with E-state index in [9.17, 15) is 29.4 Å². The molecule has 164 valence electrons. The highest BCUT2D eigenvalue weighted by molar-refractivity contribution is 5.79. The molecule has 0 unspecified atom stereocenters. The van der Waals surface area contributed by atoms with E-state index in [1.165, 1.54) is 0 Å². The van der Waals surface area contributed by atoms with Crippen molar-refractivity contribution in [2.75, 3.05) is 6.61 Å². The van der Waals surface area contributed by atoms with E-state index < -0.39 is 60.4 Å². The van der Waals surface area contributed by atoms with Gasteiger partial charge in [0.05, 0.1) is 13.0 Å². The quantitative estimate of drug-likeness (QED) is 0.380. The van der Waals surface area contributed by atoms with E-state index in [1.54, 1.807) is 30.3 Å². The van der Waals surface area contributed by atoms with E-state index in [0.717, 1.165) is 20.8 Å². The normalized spacial score (nSPS) is 27.8. The molecular weight excluding hydrogens is 398 g/mol. The number of rotatable bonds is 7. The Bertz CT molecular complexity index is 797. The molecule has 0 aromatic heterocycles. The van der Waals surface area contributed by atoms with E-state index in [0.29, 0.717) is 5.56 Å². The van der Waals surface area contributed by atoms with E-state index in [2.05, 4.69) is 5.32 Å². The molecule has 3 N–H and O–H groups in total. The third-order valence-corrected chi connectivity index (χ3v) is 4.66. The fourth-order valence-corrected chi connectivity index (χ4v) is 3.50. The lowest BCUT2D eigenvalue weighted by Crippen LogP contribution is -2.60. The lowest BCUT2D eigenvalue weighted by atomic mass is 9.95. The van der Waals surface area contributed by atoms with Gasteiger partial charge in [0.2, 0.25) is 5.91 Å². The summed E-state index contributed by atoms with van der Waals surface area (Å²) in [5.74, 6) is -2.98. The molecule has 0 bridgehead atoms. The van der Waals surface area contributed by atoms with Gasteiger partial charge in [-0.1, -0.05) is 30.3 Å². The minimum absolute atomic E-state index is 0.0674. The number of carbonyl (C=O) groups excluding carboxylic acids is 4. The van der Waals surface area contributed by atoms with Crippen LogP contribution >= 0.6 is 0 Å². The molecule has 5 atom stereocenters. The molecule has 1 aromatic rings. The number of ether oxygens (including phenoxy) is 3. The minimum Gasteiger partial charge on any atom is -0.456 e. The Kier molecular flexibility index (Phi) is 7.52. The maximum absolute atomic E-state index is 12.6. The van der Waals surface area contributed by atoms with Crippen LogP contribution in [0.1, 0.15) is 26.3 Å². The monoisotopic (exact) mass is 423 g/mol. The number of benzene rings is 1. The van der Waals surface area contributed by atoms with Crippen molar-refractivity contribution in [3.63, 3.8) is 0 Å². The van der Waals surface area contributed by atoms with Crippen LogP contribution in [0.3, 0.4) is 0 Å². The molecule has 10 nitrogen and oxygen atoms in total. The van der Waals surface area contributed by atoms with Crippen LogP contribution in [0.4, 0.5) is 0 Å². The van der Waals surface area contributed by atoms with Crippen molar-refractivity contribution in [1.82, 2.24) is 5.32 Å². The molecule has 0 heterocycles. The lowest BCUT2D eigenvalue weighted by Gasteiger charge is -2.33. The summed E-state index contributed by atoms with van der Waals surface area (Å²) in [5.41, 5.74) is -1.60. The van der Waals surface area contributed by atoms with Crippen molar-refractivity contribution < 1.29 is 43.6 Å². The molecule has 0 spiro atoms. The zero-order valence-corrected chi connectivity index (χ0v) is 16.9. The summed E-state index contributed by atoms with van der Waals surface area (Å²) >= 11 is 0. The van der Waals surface area contributed by atoms with Gasteiger partial charge < -0.3 is 29.7 Å². The maximum Gasteiger partial charge on any atom is 0.303 e. The predicted molar refractivity (Wildman–Crippen MR) is 101 cm³/mol. The number of hydrogen-bond donors (Lipinski definition) is 3. The molecular formula is C20H25NO9. The van der Waals surface area contributed by atoms with Crippen molar-refractivity contribution in [1.29, 1.82) is 0 Å². The smallest absolute Gasteiger partial charge is 0.303 e. The zero-order valence-electron chi connectivity index (χ0n) is 16.9. The van der Waals surface area contributed by atoms with Crippen LogP contribution in [0.25, 0.3) is 0 Å². The highest BCUT2D eigenvalue weighted by Gasteiger charge is 2.65. The van der Waals surface area contributed by atoms with Crippen LogP contribution in [0, 0.1) is 0 Å². The second kappa shape index (κ2) is 9.68. The molecule has 0 radical (unpaired) electrons. The summed E-state index contributed by atoms with van der Waals surface area (Å²) in [4.78, 5) is 47.4. The number of aliphatic hydroxyl groups excluding tert-OH is 1. The molecule has 30 heavy (non-hydrogen) atoms. The average molecular weight is 423 g/mol. The fourth-order valence-electron chi connectivity index (χ4n) is 3.50. The van der Waals surface area contributed by atoms with Crippen LogP contribution in [0.5, 0.6) is 0 Å². The number of carbonyl (C=O) groups is 4. The maximum atomic E-state index is 12.6. The zero-order chi connectivity index (χ0) is 22.5. The van der Waals surface area contributed by atoms with Gasteiger partial charge in [0.1, 0.15) is 6.04 Å². The molecule has 1 aliphatic rings. The van der Waals surface area contributed by atoms with E-state index in [1.807, 2.05) is 0 Å². The molecule has 1 aliphatic carbocycles. The van der Waals surface area contributed by atoms with Crippen molar-refractivity contribution in [3.8, 4) is 0 Å². The molecule has 1 saturated carbocycles. The Morgan fingerprint density at radius 2 is 1.47 bits per heavy atom. The van der Waals surface area contributed by atoms with Gasteiger partial charge >= 0.3 is 17.9 Å². The molecule has 2 rings (SSSR count). The van der Waals surface area contributed by atoms with Crippen molar-refractivity contribution >= 4 is 23.8 Å². The van der Waals surface area contributed by atoms with E-state index in [4.69, 9.17) is 14.2 Å². The number of esters is 3. The minimum atomic E-state index is -2.28. The molecule has 0 aliphatic heterocycles. The first kappa shape index (κ1) is 23.3. The first-order valence-corrected chi connectivity index (χ1v) is 9.26. The van der Waals surface area contributed by atoms with Gasteiger partial charge in [-0.25, -0.2) is 0 Å². The van der Waals surface area contributed by atoms with Crippen LogP contribution in [0.2, 0.25) is 0 Å². The van der Waals surface area contributed by atoms with Crippen molar-refractivity contribution in [2.45, 2.75) is 57.1 Å². The Morgan fingerprint density at radius 3 is 1.97 bits per heavy atom. The Balaban J connectivity index is 2.40. The summed E-state index contributed by atoms with van der Waals surface area (Å²) in [6.07, 6.45) is -4.51. The fraction of sp³-hybridized carbons (Fsp3) is 0.500. The largest absolute Gasteiger partial charge is 0.456 e. The summed E-state index contributed by atoms with van der Waals surface area (Å²) in [7, 11) is 0. The topological polar surface area (TPSA) is 148 Å². The molecule has 0 saturated heterocycles. The first-order chi connectivity index (χ1) is 14.1. The third-order valence-electron chi connectivity index (χ3n) is 4.66. The average Bonchev–Trinajstić information content (AvgIpc) is 2.84. The number of hydrogen-bond acceptors (Lipinski definition) is 9. The van der Waals surface area contributed by atoms with Crippen LogP contribution in [-0.2, 0) is 39.8 Å². The van der Waals surface area contributed by atoms with Crippen LogP contribution in [0.15, 0.2) is 30.3 Å². The molecule has 1 fully saturated rings. The van der Waals surface area contributed by atoms with Gasteiger partial charge in [-0.2, -0.15) is 0 Å². The van der Waals surface area contributed by atoms with Gasteiger partial charge in [0.25, 0.3) is 0 Å². The molecule has 1 amide bonds. The van der Waals surface area contributed by atoms with Gasteiger partial charge in [0.15, 0.2) is 23.9 Å². The summed E-state index contributed by atoms with van der Waals surface area (Å²) in [6, 6.07) is 7.30. The van der Waals surface area contributed by atoms with Gasteiger partial charge in [-0.15, -0.1) is 0 Å². The van der Waals surface area contributed by atoms with Gasteiger partial charge in [-0.05, 0) is 5.56 Å². The van der Waals surface area contributed by atoms with Crippen LogP contribution < -0.4 is 5.32 Å². The van der Waals surface area contributed by atoms with E-state index in [-0.39, 0.29) is 6.42 Å². The van der Waals surface area contributed by atoms with Gasteiger partial charge in [-0.3, -0.25) is 19.2 Å². The third kappa shape index (κ3) is 5.33. The summed E-state index contributed by atoms with van der Waals surface area (Å²) in [5, 5.41) is 23.6. The van der Waals surface area contributed by atoms with E-state index >= 15 is 0 Å². The number of aliphatic hydroxyl groups is 2. The number of amides is 1. The second-order valence-electron chi connectivity index (χ2n) is 7.04. The lowest BCUT2D eigenvalue weighted by molar-refractivity contribution is -0.186. The predicted octanol–water partition coefficient (Wildman–Crippen LogP) is -0.754.